The van der Waals surface area contributed by atoms with Gasteiger partial charge in [0.25, 0.3) is 5.91 Å². The van der Waals surface area contributed by atoms with Crippen molar-refractivity contribution in [2.45, 2.75) is 0 Å². The molecule has 0 bridgehead atoms. The van der Waals surface area contributed by atoms with Gasteiger partial charge in [-0.05, 0) is 30.4 Å². The number of thiocarbonyl (C=S) groups is 1. The summed E-state index contributed by atoms with van der Waals surface area (Å²) >= 11 is 4.34. The number of rotatable bonds is 4. The first-order valence-electron chi connectivity index (χ1n) is 4.73. The van der Waals surface area contributed by atoms with Gasteiger partial charge < -0.3 is 9.47 Å². The van der Waals surface area contributed by atoms with E-state index in [1.165, 1.54) is 6.08 Å². The number of nitrogens with zero attached hydrogens (tertiary/aromatic N) is 1. The maximum Gasteiger partial charge on any atom is 0.278 e. The molecule has 0 spiro atoms. The van der Waals surface area contributed by atoms with E-state index in [2.05, 4.69) is 17.2 Å². The standard InChI is InChI=1S/C12H11NO3S/c1-15-10-4-3-5-11(16-2)9(10)6-7-12(14)13-8-17/h3-7H,1-2H3. The van der Waals surface area contributed by atoms with E-state index < -0.39 is 5.91 Å². The molecule has 0 heterocycles. The second kappa shape index (κ2) is 6.58. The molecule has 0 saturated carbocycles. The zero-order chi connectivity index (χ0) is 12.7. The van der Waals surface area contributed by atoms with Crippen LogP contribution in [0.4, 0.5) is 0 Å². The molecule has 4 nitrogen and oxygen atoms in total. The van der Waals surface area contributed by atoms with Crippen molar-refractivity contribution >= 4 is 29.4 Å². The summed E-state index contributed by atoms with van der Waals surface area (Å²) in [7, 11) is 3.09. The van der Waals surface area contributed by atoms with Crippen LogP contribution in [0.15, 0.2) is 29.3 Å². The molecule has 0 fully saturated rings. The summed E-state index contributed by atoms with van der Waals surface area (Å²) in [6.07, 6.45) is 2.84. The Morgan fingerprint density at radius 3 is 2.41 bits per heavy atom. The Hall–Kier alpha value is -1.97. The molecule has 0 aliphatic carbocycles. The lowest BCUT2D eigenvalue weighted by Gasteiger charge is -2.09. The van der Waals surface area contributed by atoms with Gasteiger partial charge in [0, 0.05) is 6.08 Å². The summed E-state index contributed by atoms with van der Waals surface area (Å²) in [5.41, 5.74) is 0.672. The van der Waals surface area contributed by atoms with Gasteiger partial charge in [-0.25, -0.2) is 0 Å². The summed E-state index contributed by atoms with van der Waals surface area (Å²) in [6.45, 7) is 0. The van der Waals surface area contributed by atoms with Gasteiger partial charge in [-0.1, -0.05) is 6.07 Å². The molecule has 0 saturated heterocycles. The fourth-order valence-electron chi connectivity index (χ4n) is 1.28. The number of isothiocyanates is 1. The van der Waals surface area contributed by atoms with Crippen LogP contribution in [0.3, 0.4) is 0 Å². The highest BCUT2D eigenvalue weighted by Crippen LogP contribution is 2.29. The van der Waals surface area contributed by atoms with E-state index in [9.17, 15) is 4.79 Å². The molecule has 1 aromatic rings. The minimum atomic E-state index is -0.479. The first-order chi connectivity index (χ1) is 8.22. The molecular formula is C12H11NO3S. The lowest BCUT2D eigenvalue weighted by molar-refractivity contribution is -0.113. The van der Waals surface area contributed by atoms with E-state index in [1.54, 1.807) is 38.5 Å². The number of hydrogen-bond donors (Lipinski definition) is 0. The fraction of sp³-hybridized carbons (Fsp3) is 0.167. The van der Waals surface area contributed by atoms with Gasteiger partial charge >= 0.3 is 0 Å². The predicted octanol–water partition coefficient (Wildman–Crippen LogP) is 2.35. The predicted molar refractivity (Wildman–Crippen MR) is 68.6 cm³/mol. The number of amides is 1. The molecule has 1 aromatic carbocycles. The summed E-state index contributed by atoms with van der Waals surface area (Å²) < 4.78 is 10.3. The number of hydrogen-bond acceptors (Lipinski definition) is 4. The van der Waals surface area contributed by atoms with E-state index in [4.69, 9.17) is 9.47 Å². The van der Waals surface area contributed by atoms with Crippen LogP contribution in [0.2, 0.25) is 0 Å². The Bertz CT molecular complexity index is 468. The Kier molecular flexibility index (Phi) is 5.07. The van der Waals surface area contributed by atoms with E-state index in [-0.39, 0.29) is 0 Å². The molecule has 17 heavy (non-hydrogen) atoms. The van der Waals surface area contributed by atoms with Crippen LogP contribution >= 0.6 is 12.2 Å². The highest BCUT2D eigenvalue weighted by Gasteiger charge is 2.06. The van der Waals surface area contributed by atoms with Gasteiger partial charge in [0.15, 0.2) is 0 Å². The average Bonchev–Trinajstić information content (AvgIpc) is 2.36. The first kappa shape index (κ1) is 13.1. The van der Waals surface area contributed by atoms with Crippen LogP contribution in [-0.4, -0.2) is 25.3 Å². The van der Waals surface area contributed by atoms with Crippen molar-refractivity contribution < 1.29 is 14.3 Å². The average molecular weight is 249 g/mol. The number of carbonyl (C=O) groups is 1. The van der Waals surface area contributed by atoms with E-state index in [0.717, 1.165) is 0 Å². The van der Waals surface area contributed by atoms with E-state index >= 15 is 0 Å². The van der Waals surface area contributed by atoms with Crippen LogP contribution in [0, 0.1) is 0 Å². The van der Waals surface area contributed by atoms with Gasteiger partial charge in [-0.3, -0.25) is 4.79 Å². The lowest BCUT2D eigenvalue weighted by atomic mass is 10.1. The molecule has 0 radical (unpaired) electrons. The largest absolute Gasteiger partial charge is 0.496 e. The summed E-state index contributed by atoms with van der Waals surface area (Å²) in [5, 5.41) is 2.01. The molecule has 0 aliphatic rings. The number of methoxy groups -OCH3 is 2. The zero-order valence-corrected chi connectivity index (χ0v) is 10.3. The van der Waals surface area contributed by atoms with Crippen LogP contribution in [-0.2, 0) is 4.79 Å². The second-order valence-corrected chi connectivity index (χ2v) is 3.13. The van der Waals surface area contributed by atoms with Crippen molar-refractivity contribution in [1.82, 2.24) is 0 Å². The lowest BCUT2D eigenvalue weighted by Crippen LogP contribution is -1.93. The zero-order valence-electron chi connectivity index (χ0n) is 9.47. The Balaban J connectivity index is 3.11. The van der Waals surface area contributed by atoms with E-state index in [0.29, 0.717) is 17.1 Å². The number of benzene rings is 1. The fourth-order valence-corrected chi connectivity index (χ4v) is 1.37. The van der Waals surface area contributed by atoms with Crippen molar-refractivity contribution in [2.24, 2.45) is 4.99 Å². The van der Waals surface area contributed by atoms with Crippen LogP contribution in [0.25, 0.3) is 6.08 Å². The minimum Gasteiger partial charge on any atom is -0.496 e. The Labute approximate surface area is 105 Å². The summed E-state index contributed by atoms with van der Waals surface area (Å²) in [6, 6.07) is 5.34. The molecule has 88 valence electrons. The van der Waals surface area contributed by atoms with Gasteiger partial charge in [0.2, 0.25) is 0 Å². The number of carbonyl (C=O) groups excluding carboxylic acids is 1. The molecule has 0 aliphatic heterocycles. The summed E-state index contributed by atoms with van der Waals surface area (Å²) in [4.78, 5) is 14.5. The van der Waals surface area contributed by atoms with Crippen molar-refractivity contribution in [1.29, 1.82) is 0 Å². The van der Waals surface area contributed by atoms with Gasteiger partial charge in [0.05, 0.1) is 24.9 Å². The van der Waals surface area contributed by atoms with Crippen molar-refractivity contribution in [3.05, 3.63) is 29.8 Å². The third-order valence-electron chi connectivity index (χ3n) is 2.01. The molecule has 1 amide bonds. The third-order valence-corrected chi connectivity index (χ3v) is 2.11. The molecule has 5 heteroatoms. The maximum absolute atomic E-state index is 11.2. The number of ether oxygens (including phenoxy) is 2. The highest BCUT2D eigenvalue weighted by atomic mass is 32.1. The molecule has 1 rings (SSSR count). The van der Waals surface area contributed by atoms with Gasteiger partial charge in [0.1, 0.15) is 11.5 Å². The second-order valence-electron chi connectivity index (χ2n) is 2.95. The smallest absolute Gasteiger partial charge is 0.278 e. The summed E-state index contributed by atoms with van der Waals surface area (Å²) in [5.74, 6) is 0.743. The van der Waals surface area contributed by atoms with Gasteiger partial charge in [-0.15, -0.1) is 0 Å². The van der Waals surface area contributed by atoms with Gasteiger partial charge in [-0.2, -0.15) is 4.99 Å². The SMILES string of the molecule is COc1cccc(OC)c1C=CC(=O)N=C=S. The molecule has 0 unspecified atom stereocenters. The van der Waals surface area contributed by atoms with Crippen LogP contribution < -0.4 is 9.47 Å². The maximum atomic E-state index is 11.2. The molecule has 0 N–H and O–H groups in total. The minimum absolute atomic E-state index is 0.479. The van der Waals surface area contributed by atoms with Crippen LogP contribution in [0.1, 0.15) is 5.56 Å². The third kappa shape index (κ3) is 3.52. The van der Waals surface area contributed by atoms with Crippen molar-refractivity contribution in [3.8, 4) is 11.5 Å². The van der Waals surface area contributed by atoms with Crippen molar-refractivity contribution in [2.75, 3.05) is 14.2 Å². The molecule has 0 aromatic heterocycles. The Morgan fingerprint density at radius 1 is 1.35 bits per heavy atom. The topological polar surface area (TPSA) is 47.9 Å². The number of aliphatic imine (C=N–C) groups is 1. The monoisotopic (exact) mass is 249 g/mol. The molecule has 0 atom stereocenters. The molecular weight excluding hydrogens is 238 g/mol. The van der Waals surface area contributed by atoms with Crippen LogP contribution in [0.5, 0.6) is 11.5 Å². The quantitative estimate of drug-likeness (QED) is 0.467. The first-order valence-corrected chi connectivity index (χ1v) is 5.14. The Morgan fingerprint density at radius 2 is 1.94 bits per heavy atom. The van der Waals surface area contributed by atoms with Crippen molar-refractivity contribution in [3.63, 3.8) is 0 Å². The normalized spacial score (nSPS) is 9.76. The highest BCUT2D eigenvalue weighted by molar-refractivity contribution is 7.78. The van der Waals surface area contributed by atoms with E-state index in [1.807, 2.05) is 5.16 Å².